The molecule has 0 heterocycles. The lowest BCUT2D eigenvalue weighted by Gasteiger charge is -2.01. The first-order chi connectivity index (χ1) is 6.31. The van der Waals surface area contributed by atoms with Gasteiger partial charge in [-0.3, -0.25) is 0 Å². The van der Waals surface area contributed by atoms with Crippen molar-refractivity contribution in [2.45, 2.75) is 16.6 Å². The van der Waals surface area contributed by atoms with E-state index in [0.717, 1.165) is 16.3 Å². The molecule has 0 radical (unpaired) electrons. The number of benzene rings is 1. The molecular formula is C10H11ClOS. The molecule has 1 nitrogen and oxygen atoms in total. The van der Waals surface area contributed by atoms with Crippen LogP contribution in [0.3, 0.4) is 0 Å². The average Bonchev–Trinajstić information content (AvgIpc) is 2.88. The van der Waals surface area contributed by atoms with Gasteiger partial charge in [0.2, 0.25) is 0 Å². The minimum atomic E-state index is 0.308. The van der Waals surface area contributed by atoms with Crippen LogP contribution in [0.2, 0.25) is 5.02 Å². The Bertz CT molecular complexity index is 303. The molecule has 2 atom stereocenters. The van der Waals surface area contributed by atoms with Crippen LogP contribution in [0.5, 0.6) is 0 Å². The van der Waals surface area contributed by atoms with Gasteiger partial charge >= 0.3 is 0 Å². The molecule has 0 amide bonds. The summed E-state index contributed by atoms with van der Waals surface area (Å²) >= 11 is 7.78. The average molecular weight is 215 g/mol. The highest BCUT2D eigenvalue weighted by Gasteiger charge is 2.37. The quantitative estimate of drug-likeness (QED) is 0.835. The van der Waals surface area contributed by atoms with Crippen molar-refractivity contribution in [3.05, 3.63) is 29.3 Å². The summed E-state index contributed by atoms with van der Waals surface area (Å²) in [5.74, 6) is 0.487. The van der Waals surface area contributed by atoms with Crippen LogP contribution in [0.15, 0.2) is 29.2 Å². The molecule has 0 spiro atoms. The third-order valence-corrected chi connectivity index (χ3v) is 4.14. The van der Waals surface area contributed by atoms with Crippen molar-refractivity contribution in [1.82, 2.24) is 0 Å². The molecule has 0 saturated heterocycles. The second-order valence-corrected chi connectivity index (χ2v) is 4.95. The van der Waals surface area contributed by atoms with Gasteiger partial charge in [-0.25, -0.2) is 0 Å². The largest absolute Gasteiger partial charge is 0.396 e. The summed E-state index contributed by atoms with van der Waals surface area (Å²) < 4.78 is 0. The first-order valence-corrected chi connectivity index (χ1v) is 5.59. The second-order valence-electron chi connectivity index (χ2n) is 3.27. The van der Waals surface area contributed by atoms with Gasteiger partial charge in [-0.05, 0) is 24.5 Å². The van der Waals surface area contributed by atoms with Gasteiger partial charge in [0.1, 0.15) is 0 Å². The summed E-state index contributed by atoms with van der Waals surface area (Å²) in [6, 6.07) is 7.85. The molecule has 70 valence electrons. The molecule has 1 aromatic rings. The SMILES string of the molecule is OCC1CC1Sc1ccccc1Cl. The maximum absolute atomic E-state index is 8.88. The molecule has 0 bridgehead atoms. The number of hydrogen-bond donors (Lipinski definition) is 1. The predicted molar refractivity (Wildman–Crippen MR) is 56.3 cm³/mol. The van der Waals surface area contributed by atoms with Gasteiger partial charge in [0.25, 0.3) is 0 Å². The first kappa shape index (κ1) is 9.38. The number of thioether (sulfide) groups is 1. The van der Waals surface area contributed by atoms with Crippen molar-refractivity contribution < 1.29 is 5.11 Å². The molecule has 0 aromatic heterocycles. The van der Waals surface area contributed by atoms with Gasteiger partial charge in [0, 0.05) is 16.8 Å². The normalized spacial score (nSPS) is 26.0. The summed E-state index contributed by atoms with van der Waals surface area (Å²) in [7, 11) is 0. The smallest absolute Gasteiger partial charge is 0.0541 e. The molecule has 1 saturated carbocycles. The fourth-order valence-electron chi connectivity index (χ4n) is 1.26. The first-order valence-electron chi connectivity index (χ1n) is 4.33. The summed E-state index contributed by atoms with van der Waals surface area (Å²) in [4.78, 5) is 1.13. The van der Waals surface area contributed by atoms with Gasteiger partial charge in [0.05, 0.1) is 5.02 Å². The molecule has 1 N–H and O–H groups in total. The van der Waals surface area contributed by atoms with Crippen LogP contribution in [-0.4, -0.2) is 17.0 Å². The van der Waals surface area contributed by atoms with Gasteiger partial charge in [-0.15, -0.1) is 11.8 Å². The fraction of sp³-hybridized carbons (Fsp3) is 0.400. The lowest BCUT2D eigenvalue weighted by atomic mass is 10.4. The molecule has 0 aliphatic heterocycles. The predicted octanol–water partition coefficient (Wildman–Crippen LogP) is 2.81. The summed E-state index contributed by atoms with van der Waals surface area (Å²) in [6.45, 7) is 0.308. The highest BCUT2D eigenvalue weighted by atomic mass is 35.5. The van der Waals surface area contributed by atoms with Crippen LogP contribution < -0.4 is 0 Å². The van der Waals surface area contributed by atoms with Crippen molar-refractivity contribution in [2.75, 3.05) is 6.61 Å². The Morgan fingerprint density at radius 3 is 2.85 bits per heavy atom. The van der Waals surface area contributed by atoms with Gasteiger partial charge in [0.15, 0.2) is 0 Å². The maximum atomic E-state index is 8.88. The monoisotopic (exact) mass is 214 g/mol. The van der Waals surface area contributed by atoms with Crippen molar-refractivity contribution in [3.63, 3.8) is 0 Å². The molecule has 2 rings (SSSR count). The van der Waals surface area contributed by atoms with Crippen LogP contribution in [0, 0.1) is 5.92 Å². The number of hydrogen-bond acceptors (Lipinski definition) is 2. The Kier molecular flexibility index (Phi) is 2.82. The van der Waals surface area contributed by atoms with Crippen molar-refractivity contribution in [3.8, 4) is 0 Å². The Labute approximate surface area is 87.1 Å². The van der Waals surface area contributed by atoms with E-state index in [0.29, 0.717) is 17.8 Å². The van der Waals surface area contributed by atoms with Crippen LogP contribution in [0.1, 0.15) is 6.42 Å². The number of rotatable bonds is 3. The highest BCUT2D eigenvalue weighted by molar-refractivity contribution is 8.00. The minimum absolute atomic E-state index is 0.308. The lowest BCUT2D eigenvalue weighted by Crippen LogP contribution is -1.88. The Morgan fingerprint density at radius 1 is 1.46 bits per heavy atom. The van der Waals surface area contributed by atoms with Crippen molar-refractivity contribution in [1.29, 1.82) is 0 Å². The Morgan fingerprint density at radius 2 is 2.23 bits per heavy atom. The van der Waals surface area contributed by atoms with E-state index in [9.17, 15) is 0 Å². The topological polar surface area (TPSA) is 20.2 Å². The number of aliphatic hydroxyl groups excluding tert-OH is 1. The number of halogens is 1. The molecule has 1 aliphatic rings. The van der Waals surface area contributed by atoms with Crippen LogP contribution >= 0.6 is 23.4 Å². The fourth-order valence-corrected chi connectivity index (χ4v) is 2.81. The van der Waals surface area contributed by atoms with E-state index >= 15 is 0 Å². The molecule has 1 aliphatic carbocycles. The standard InChI is InChI=1S/C10H11ClOS/c11-8-3-1-2-4-9(8)13-10-5-7(10)6-12/h1-4,7,10,12H,5-6H2. The van der Waals surface area contributed by atoms with E-state index in [4.69, 9.17) is 16.7 Å². The summed E-state index contributed by atoms with van der Waals surface area (Å²) in [5, 5.41) is 10.3. The Balaban J connectivity index is 1.99. The highest BCUT2D eigenvalue weighted by Crippen LogP contribution is 2.46. The van der Waals surface area contributed by atoms with Crippen LogP contribution in [0.4, 0.5) is 0 Å². The van der Waals surface area contributed by atoms with Crippen molar-refractivity contribution in [2.24, 2.45) is 5.92 Å². The van der Waals surface area contributed by atoms with E-state index < -0.39 is 0 Å². The third kappa shape index (κ3) is 2.19. The zero-order valence-electron chi connectivity index (χ0n) is 7.11. The Hall–Kier alpha value is -0.180. The van der Waals surface area contributed by atoms with E-state index in [2.05, 4.69) is 0 Å². The molecule has 1 fully saturated rings. The molecule has 3 heteroatoms. The molecule has 2 unspecified atom stereocenters. The summed E-state index contributed by atoms with van der Waals surface area (Å²) in [6.07, 6.45) is 1.12. The van der Waals surface area contributed by atoms with E-state index in [-0.39, 0.29) is 0 Å². The second kappa shape index (κ2) is 3.91. The van der Waals surface area contributed by atoms with Gasteiger partial charge in [-0.2, -0.15) is 0 Å². The third-order valence-electron chi connectivity index (χ3n) is 2.21. The van der Waals surface area contributed by atoms with E-state index in [1.54, 1.807) is 11.8 Å². The van der Waals surface area contributed by atoms with Crippen LogP contribution in [0.25, 0.3) is 0 Å². The molecule has 13 heavy (non-hydrogen) atoms. The van der Waals surface area contributed by atoms with Gasteiger partial charge in [-0.1, -0.05) is 23.7 Å². The zero-order valence-corrected chi connectivity index (χ0v) is 8.68. The van der Waals surface area contributed by atoms with E-state index in [1.165, 1.54) is 0 Å². The molecule has 1 aromatic carbocycles. The minimum Gasteiger partial charge on any atom is -0.396 e. The maximum Gasteiger partial charge on any atom is 0.0541 e. The lowest BCUT2D eigenvalue weighted by molar-refractivity contribution is 0.277. The van der Waals surface area contributed by atoms with Crippen molar-refractivity contribution >= 4 is 23.4 Å². The van der Waals surface area contributed by atoms with Gasteiger partial charge < -0.3 is 5.11 Å². The van der Waals surface area contributed by atoms with Crippen LogP contribution in [-0.2, 0) is 0 Å². The summed E-state index contributed by atoms with van der Waals surface area (Å²) in [5.41, 5.74) is 0. The zero-order chi connectivity index (χ0) is 9.26. The molecular weight excluding hydrogens is 204 g/mol. The van der Waals surface area contributed by atoms with E-state index in [1.807, 2.05) is 24.3 Å². The number of aliphatic hydroxyl groups is 1.